The van der Waals surface area contributed by atoms with E-state index in [1.165, 1.54) is 24.3 Å². The Kier molecular flexibility index (Phi) is 6.12. The van der Waals surface area contributed by atoms with E-state index in [-0.39, 0.29) is 29.9 Å². The van der Waals surface area contributed by atoms with E-state index in [0.29, 0.717) is 6.54 Å². The topological polar surface area (TPSA) is 34.0 Å². The first-order valence-electron chi connectivity index (χ1n) is 10.4. The number of hydrogen-bond acceptors (Lipinski definition) is 1. The van der Waals surface area contributed by atoms with Crippen molar-refractivity contribution in [1.82, 2.24) is 9.88 Å². The highest BCUT2D eigenvalue weighted by Gasteiger charge is 2.22. The Morgan fingerprint density at radius 1 is 0.935 bits per heavy atom. The normalized spacial score (nSPS) is 12.1. The molecule has 1 atom stereocenters. The summed E-state index contributed by atoms with van der Waals surface area (Å²) < 4.78 is 28.8. The van der Waals surface area contributed by atoms with Crippen LogP contribution in [0.5, 0.6) is 0 Å². The molecule has 4 rings (SSSR count). The minimum atomic E-state index is -0.307. The van der Waals surface area contributed by atoms with Crippen molar-refractivity contribution >= 4 is 16.8 Å². The fourth-order valence-corrected chi connectivity index (χ4v) is 3.98. The summed E-state index contributed by atoms with van der Waals surface area (Å²) in [6.45, 7) is 3.22. The summed E-state index contributed by atoms with van der Waals surface area (Å²) >= 11 is 0. The van der Waals surface area contributed by atoms with Crippen LogP contribution in [0.15, 0.2) is 79.0 Å². The van der Waals surface area contributed by atoms with Gasteiger partial charge in [-0.2, -0.15) is 0 Å². The number of rotatable bonds is 7. The van der Waals surface area contributed by atoms with E-state index in [4.69, 9.17) is 0 Å². The molecule has 0 saturated carbocycles. The van der Waals surface area contributed by atoms with E-state index in [0.717, 1.165) is 34.1 Å². The molecule has 0 spiro atoms. The van der Waals surface area contributed by atoms with Crippen LogP contribution in [0.3, 0.4) is 0 Å². The monoisotopic (exact) mass is 418 g/mol. The van der Waals surface area contributed by atoms with Gasteiger partial charge in [0.2, 0.25) is 5.91 Å². The maximum Gasteiger partial charge on any atom is 0.221 e. The number of benzene rings is 3. The van der Waals surface area contributed by atoms with Gasteiger partial charge in [-0.05, 0) is 53.9 Å². The van der Waals surface area contributed by atoms with E-state index >= 15 is 0 Å². The second-order valence-electron chi connectivity index (χ2n) is 7.60. The molecular weight excluding hydrogens is 394 g/mol. The smallest absolute Gasteiger partial charge is 0.221 e. The van der Waals surface area contributed by atoms with Crippen molar-refractivity contribution < 1.29 is 13.6 Å². The summed E-state index contributed by atoms with van der Waals surface area (Å²) in [5.74, 6) is -0.948. The molecular formula is C26H24F2N2O. The lowest BCUT2D eigenvalue weighted by atomic mass is 9.88. The fourth-order valence-electron chi connectivity index (χ4n) is 3.98. The van der Waals surface area contributed by atoms with Gasteiger partial charge in [-0.3, -0.25) is 4.79 Å². The van der Waals surface area contributed by atoms with E-state index in [1.54, 1.807) is 24.3 Å². The summed E-state index contributed by atoms with van der Waals surface area (Å²) in [5, 5.41) is 4.01. The lowest BCUT2D eigenvalue weighted by Crippen LogP contribution is -2.25. The van der Waals surface area contributed by atoms with E-state index in [1.807, 2.05) is 12.1 Å². The first-order valence-corrected chi connectivity index (χ1v) is 10.4. The maximum atomic E-state index is 13.6. The van der Waals surface area contributed by atoms with Crippen molar-refractivity contribution in [1.29, 1.82) is 0 Å². The minimum Gasteiger partial charge on any atom is -0.352 e. The number of carbonyl (C=O) groups excluding carboxylic acids is 1. The molecule has 3 nitrogen and oxygen atoms in total. The molecule has 1 N–H and O–H groups in total. The van der Waals surface area contributed by atoms with E-state index in [2.05, 4.69) is 35.1 Å². The molecule has 3 aromatic carbocycles. The second-order valence-corrected chi connectivity index (χ2v) is 7.60. The fraction of sp³-hybridized carbons (Fsp3) is 0.192. The van der Waals surface area contributed by atoms with Crippen LogP contribution in [0.2, 0.25) is 0 Å². The average molecular weight is 418 g/mol. The van der Waals surface area contributed by atoms with Gasteiger partial charge in [-0.25, -0.2) is 8.78 Å². The van der Waals surface area contributed by atoms with Crippen LogP contribution in [0.1, 0.15) is 36.0 Å². The van der Waals surface area contributed by atoms with Crippen LogP contribution < -0.4 is 5.32 Å². The molecule has 0 aliphatic rings. The van der Waals surface area contributed by atoms with Gasteiger partial charge in [0, 0.05) is 42.5 Å². The predicted octanol–water partition coefficient (Wildman–Crippen LogP) is 5.78. The van der Waals surface area contributed by atoms with Crippen LogP contribution in [-0.2, 0) is 17.9 Å². The van der Waals surface area contributed by atoms with Gasteiger partial charge in [0.25, 0.3) is 0 Å². The molecule has 158 valence electrons. The Bertz CT molecular complexity index is 1180. The number of hydrogen-bond donors (Lipinski definition) is 1. The lowest BCUT2D eigenvalue weighted by Gasteiger charge is -2.17. The highest BCUT2D eigenvalue weighted by atomic mass is 19.1. The first kappa shape index (κ1) is 20.8. The zero-order valence-corrected chi connectivity index (χ0v) is 17.3. The predicted molar refractivity (Wildman–Crippen MR) is 119 cm³/mol. The van der Waals surface area contributed by atoms with Gasteiger partial charge in [-0.1, -0.05) is 42.5 Å². The molecule has 0 bridgehead atoms. The summed E-state index contributed by atoms with van der Waals surface area (Å²) in [4.78, 5) is 12.9. The second kappa shape index (κ2) is 9.13. The van der Waals surface area contributed by atoms with E-state index in [9.17, 15) is 13.6 Å². The Labute approximate surface area is 180 Å². The third kappa shape index (κ3) is 4.66. The molecule has 1 aromatic heterocycles. The van der Waals surface area contributed by atoms with Crippen LogP contribution in [0, 0.1) is 11.6 Å². The number of carbonyl (C=O) groups is 1. The zero-order valence-electron chi connectivity index (χ0n) is 17.3. The molecule has 0 saturated heterocycles. The standard InChI is InChI=1S/C26H24F2N2O/c1-2-30-17-24(22-5-3-4-6-25(22)30)23(19-9-13-21(28)14-10-19)15-26(31)29-16-18-7-11-20(27)12-8-18/h3-14,17,23H,2,15-16H2,1H3,(H,29,31)/t23-/m1/s1. The first-order chi connectivity index (χ1) is 15.0. The van der Waals surface area contributed by atoms with Crippen molar-refractivity contribution in [3.63, 3.8) is 0 Å². The summed E-state index contributed by atoms with van der Waals surface area (Å²) in [7, 11) is 0. The van der Waals surface area contributed by atoms with Gasteiger partial charge >= 0.3 is 0 Å². The van der Waals surface area contributed by atoms with Crippen LogP contribution >= 0.6 is 0 Å². The largest absolute Gasteiger partial charge is 0.352 e. The van der Waals surface area contributed by atoms with Gasteiger partial charge in [0.05, 0.1) is 0 Å². The number of amides is 1. The molecule has 31 heavy (non-hydrogen) atoms. The van der Waals surface area contributed by atoms with Gasteiger partial charge < -0.3 is 9.88 Å². The SMILES string of the molecule is CCn1cc([C@H](CC(=O)NCc2ccc(F)cc2)c2ccc(F)cc2)c2ccccc21. The van der Waals surface area contributed by atoms with Crippen LogP contribution in [0.25, 0.3) is 10.9 Å². The van der Waals surface area contributed by atoms with E-state index < -0.39 is 0 Å². The molecule has 0 aliphatic carbocycles. The van der Waals surface area contributed by atoms with Crippen molar-refractivity contribution in [2.45, 2.75) is 32.4 Å². The number of aryl methyl sites for hydroxylation is 1. The molecule has 0 fully saturated rings. The van der Waals surface area contributed by atoms with Crippen LogP contribution in [0.4, 0.5) is 8.78 Å². The Hall–Kier alpha value is -3.47. The third-order valence-corrected chi connectivity index (χ3v) is 5.60. The molecule has 0 unspecified atom stereocenters. The van der Waals surface area contributed by atoms with Crippen molar-refractivity contribution in [2.24, 2.45) is 0 Å². The number of aromatic nitrogens is 1. The molecule has 5 heteroatoms. The van der Waals surface area contributed by atoms with Gasteiger partial charge in [0.15, 0.2) is 0 Å². The number of halogens is 2. The van der Waals surface area contributed by atoms with Crippen molar-refractivity contribution in [3.05, 3.63) is 107 Å². The lowest BCUT2D eigenvalue weighted by molar-refractivity contribution is -0.121. The number of para-hydroxylation sites is 1. The Balaban J connectivity index is 1.63. The average Bonchev–Trinajstić information content (AvgIpc) is 3.16. The maximum absolute atomic E-state index is 13.6. The summed E-state index contributed by atoms with van der Waals surface area (Å²) in [5.41, 5.74) is 3.87. The number of nitrogens with one attached hydrogen (secondary N) is 1. The molecule has 0 aliphatic heterocycles. The Morgan fingerprint density at radius 2 is 1.58 bits per heavy atom. The highest BCUT2D eigenvalue weighted by molar-refractivity contribution is 5.86. The summed E-state index contributed by atoms with van der Waals surface area (Å²) in [6, 6.07) is 20.5. The summed E-state index contributed by atoms with van der Waals surface area (Å²) in [6.07, 6.45) is 2.32. The zero-order chi connectivity index (χ0) is 21.8. The number of fused-ring (bicyclic) bond motifs is 1. The quantitative estimate of drug-likeness (QED) is 0.406. The number of nitrogens with zero attached hydrogens (tertiary/aromatic N) is 1. The minimum absolute atomic E-state index is 0.119. The van der Waals surface area contributed by atoms with Crippen molar-refractivity contribution in [3.8, 4) is 0 Å². The van der Waals surface area contributed by atoms with Crippen LogP contribution in [-0.4, -0.2) is 10.5 Å². The third-order valence-electron chi connectivity index (χ3n) is 5.60. The van der Waals surface area contributed by atoms with Gasteiger partial charge in [0.1, 0.15) is 11.6 Å². The van der Waals surface area contributed by atoms with Gasteiger partial charge in [-0.15, -0.1) is 0 Å². The Morgan fingerprint density at radius 3 is 2.26 bits per heavy atom. The van der Waals surface area contributed by atoms with Crippen molar-refractivity contribution in [2.75, 3.05) is 0 Å². The molecule has 0 radical (unpaired) electrons. The molecule has 1 heterocycles. The molecule has 1 amide bonds. The molecule has 4 aromatic rings. The highest BCUT2D eigenvalue weighted by Crippen LogP contribution is 2.35.